The lowest BCUT2D eigenvalue weighted by atomic mass is 9.95. The van der Waals surface area contributed by atoms with Gasteiger partial charge in [0.15, 0.2) is 0 Å². The minimum absolute atomic E-state index is 0.0323. The maximum absolute atomic E-state index is 13.4. The van der Waals surface area contributed by atoms with E-state index < -0.39 is 0 Å². The standard InChI is InChI=1S/C29H41N5O2/c1-23-6-8-24(9-7-23)21-32-14-12-25(13-15-32)22-34(29(35)31-26-4-2-3-5-26)27-10-11-28(30-20-27)33-16-18-36-19-17-33/h6-11,20,25-26H,2-5,12-19,21-22H2,1H3,(H,31,35). The van der Waals surface area contributed by atoms with Gasteiger partial charge in [0.25, 0.3) is 0 Å². The normalized spacial score (nSPS) is 20.0. The second-order valence-corrected chi connectivity index (χ2v) is 10.7. The second kappa shape index (κ2) is 12.1. The molecule has 5 rings (SSSR count). The third-order valence-electron chi connectivity index (χ3n) is 7.98. The molecule has 1 saturated carbocycles. The highest BCUT2D eigenvalue weighted by molar-refractivity contribution is 5.92. The first-order chi connectivity index (χ1) is 17.6. The number of aryl methyl sites for hydroxylation is 1. The number of amides is 2. The second-order valence-electron chi connectivity index (χ2n) is 10.7. The summed E-state index contributed by atoms with van der Waals surface area (Å²) in [5, 5.41) is 3.31. The summed E-state index contributed by atoms with van der Waals surface area (Å²) >= 11 is 0. The van der Waals surface area contributed by atoms with Crippen LogP contribution in [0, 0.1) is 12.8 Å². The van der Waals surface area contributed by atoms with Gasteiger partial charge < -0.3 is 15.0 Å². The first-order valence-electron chi connectivity index (χ1n) is 13.8. The molecule has 7 heteroatoms. The van der Waals surface area contributed by atoms with E-state index in [0.29, 0.717) is 12.0 Å². The van der Waals surface area contributed by atoms with Gasteiger partial charge in [-0.1, -0.05) is 42.7 Å². The van der Waals surface area contributed by atoms with Crippen molar-refractivity contribution < 1.29 is 9.53 Å². The molecule has 0 radical (unpaired) electrons. The topological polar surface area (TPSA) is 60.9 Å². The molecule has 3 heterocycles. The molecular weight excluding hydrogens is 450 g/mol. The molecule has 3 aliphatic rings. The number of benzene rings is 1. The molecule has 1 aromatic heterocycles. The highest BCUT2D eigenvalue weighted by atomic mass is 16.5. The summed E-state index contributed by atoms with van der Waals surface area (Å²) in [4.78, 5) is 24.9. The maximum atomic E-state index is 13.4. The molecule has 7 nitrogen and oxygen atoms in total. The Morgan fingerprint density at radius 3 is 2.39 bits per heavy atom. The fraction of sp³-hybridized carbons (Fsp3) is 0.586. The van der Waals surface area contributed by atoms with E-state index >= 15 is 0 Å². The number of piperidine rings is 1. The minimum Gasteiger partial charge on any atom is -0.378 e. The van der Waals surface area contributed by atoms with E-state index in [1.165, 1.54) is 24.0 Å². The van der Waals surface area contributed by atoms with Crippen LogP contribution >= 0.6 is 0 Å². The molecule has 1 N–H and O–H groups in total. The van der Waals surface area contributed by atoms with E-state index in [4.69, 9.17) is 9.72 Å². The predicted octanol–water partition coefficient (Wildman–Crippen LogP) is 4.60. The van der Waals surface area contributed by atoms with Gasteiger partial charge in [-0.3, -0.25) is 9.80 Å². The number of hydrogen-bond acceptors (Lipinski definition) is 5. The van der Waals surface area contributed by atoms with Gasteiger partial charge >= 0.3 is 6.03 Å². The monoisotopic (exact) mass is 491 g/mol. The third-order valence-corrected chi connectivity index (χ3v) is 7.98. The van der Waals surface area contributed by atoms with Gasteiger partial charge in [-0.05, 0) is 69.3 Å². The lowest BCUT2D eigenvalue weighted by Crippen LogP contribution is -2.47. The van der Waals surface area contributed by atoms with Gasteiger partial charge in [0.1, 0.15) is 5.82 Å². The molecule has 36 heavy (non-hydrogen) atoms. The summed E-state index contributed by atoms with van der Waals surface area (Å²) < 4.78 is 5.47. The number of rotatable bonds is 7. The summed E-state index contributed by atoms with van der Waals surface area (Å²) in [7, 11) is 0. The van der Waals surface area contributed by atoms with Gasteiger partial charge in [-0.25, -0.2) is 9.78 Å². The predicted molar refractivity (Wildman–Crippen MR) is 145 cm³/mol. The van der Waals surface area contributed by atoms with Crippen LogP contribution in [-0.2, 0) is 11.3 Å². The van der Waals surface area contributed by atoms with Crippen molar-refractivity contribution in [2.75, 3.05) is 55.7 Å². The van der Waals surface area contributed by atoms with Crippen LogP contribution in [0.4, 0.5) is 16.3 Å². The summed E-state index contributed by atoms with van der Waals surface area (Å²) in [6, 6.07) is 13.3. The SMILES string of the molecule is Cc1ccc(CN2CCC(CN(C(=O)NC3CCCC3)c3ccc(N4CCOCC4)nc3)CC2)cc1. The Hall–Kier alpha value is -2.64. The fourth-order valence-corrected chi connectivity index (χ4v) is 5.68. The van der Waals surface area contributed by atoms with E-state index in [-0.39, 0.29) is 6.03 Å². The summed E-state index contributed by atoms with van der Waals surface area (Å²) in [6.45, 7) is 9.23. The third kappa shape index (κ3) is 6.56. The van der Waals surface area contributed by atoms with Crippen molar-refractivity contribution in [2.45, 2.75) is 58.0 Å². The van der Waals surface area contributed by atoms with E-state index in [1.807, 2.05) is 11.1 Å². The molecular formula is C29H41N5O2. The molecule has 2 aliphatic heterocycles. The molecule has 2 aromatic rings. The van der Waals surface area contributed by atoms with Crippen molar-refractivity contribution in [1.82, 2.24) is 15.2 Å². The number of likely N-dealkylation sites (tertiary alicyclic amines) is 1. The number of anilines is 2. The molecule has 1 aliphatic carbocycles. The van der Waals surface area contributed by atoms with Crippen LogP contribution in [0.5, 0.6) is 0 Å². The van der Waals surface area contributed by atoms with Crippen molar-refractivity contribution in [3.8, 4) is 0 Å². The van der Waals surface area contributed by atoms with Gasteiger partial charge in [0.2, 0.25) is 0 Å². The maximum Gasteiger partial charge on any atom is 0.322 e. The highest BCUT2D eigenvalue weighted by Crippen LogP contribution is 2.26. The van der Waals surface area contributed by atoms with Crippen molar-refractivity contribution in [3.05, 3.63) is 53.7 Å². The lowest BCUT2D eigenvalue weighted by Gasteiger charge is -2.35. The number of carbonyl (C=O) groups is 1. The molecule has 2 saturated heterocycles. The van der Waals surface area contributed by atoms with Gasteiger partial charge in [-0.15, -0.1) is 0 Å². The Morgan fingerprint density at radius 1 is 1.00 bits per heavy atom. The Bertz CT molecular complexity index is 960. The zero-order chi connectivity index (χ0) is 24.7. The van der Waals surface area contributed by atoms with Crippen LogP contribution in [0.1, 0.15) is 49.7 Å². The van der Waals surface area contributed by atoms with Crippen molar-refractivity contribution in [1.29, 1.82) is 0 Å². The first-order valence-corrected chi connectivity index (χ1v) is 13.8. The van der Waals surface area contributed by atoms with E-state index in [0.717, 1.165) is 89.7 Å². The van der Waals surface area contributed by atoms with Crippen LogP contribution in [0.3, 0.4) is 0 Å². The summed E-state index contributed by atoms with van der Waals surface area (Å²) in [5.41, 5.74) is 3.58. The summed E-state index contributed by atoms with van der Waals surface area (Å²) in [5.74, 6) is 1.45. The Kier molecular flexibility index (Phi) is 8.39. The average molecular weight is 492 g/mol. The number of hydrogen-bond donors (Lipinski definition) is 1. The van der Waals surface area contributed by atoms with Crippen molar-refractivity contribution in [3.63, 3.8) is 0 Å². The number of nitrogens with one attached hydrogen (secondary N) is 1. The Balaban J connectivity index is 1.22. The van der Waals surface area contributed by atoms with Crippen LogP contribution in [0.15, 0.2) is 42.6 Å². The number of carbonyl (C=O) groups excluding carboxylic acids is 1. The lowest BCUT2D eigenvalue weighted by molar-refractivity contribution is 0.122. The van der Waals surface area contributed by atoms with Crippen LogP contribution in [0.2, 0.25) is 0 Å². The van der Waals surface area contributed by atoms with E-state index in [2.05, 4.69) is 58.4 Å². The molecule has 3 fully saturated rings. The number of urea groups is 1. The molecule has 1 aromatic carbocycles. The van der Waals surface area contributed by atoms with Crippen LogP contribution < -0.4 is 15.1 Å². The Morgan fingerprint density at radius 2 is 1.72 bits per heavy atom. The van der Waals surface area contributed by atoms with Crippen LogP contribution in [0.25, 0.3) is 0 Å². The molecule has 0 atom stereocenters. The smallest absolute Gasteiger partial charge is 0.322 e. The van der Waals surface area contributed by atoms with Gasteiger partial charge in [0.05, 0.1) is 25.1 Å². The van der Waals surface area contributed by atoms with Crippen molar-refractivity contribution in [2.24, 2.45) is 5.92 Å². The first kappa shape index (κ1) is 25.0. The van der Waals surface area contributed by atoms with E-state index in [9.17, 15) is 4.79 Å². The van der Waals surface area contributed by atoms with Gasteiger partial charge in [-0.2, -0.15) is 0 Å². The number of aromatic nitrogens is 1. The fourth-order valence-electron chi connectivity index (χ4n) is 5.68. The number of morpholine rings is 1. The zero-order valence-corrected chi connectivity index (χ0v) is 21.7. The minimum atomic E-state index is 0.0323. The molecule has 0 bridgehead atoms. The summed E-state index contributed by atoms with van der Waals surface area (Å²) in [6.07, 6.45) is 8.69. The van der Waals surface area contributed by atoms with Crippen LogP contribution in [-0.4, -0.2) is 67.9 Å². The van der Waals surface area contributed by atoms with E-state index in [1.54, 1.807) is 0 Å². The molecule has 194 valence electrons. The molecule has 0 unspecified atom stereocenters. The Labute approximate surface area is 215 Å². The quantitative estimate of drug-likeness (QED) is 0.614. The largest absolute Gasteiger partial charge is 0.378 e. The molecule has 0 spiro atoms. The average Bonchev–Trinajstić information content (AvgIpc) is 3.43. The zero-order valence-electron chi connectivity index (χ0n) is 21.7. The number of nitrogens with zero attached hydrogens (tertiary/aromatic N) is 4. The number of pyridine rings is 1. The highest BCUT2D eigenvalue weighted by Gasteiger charge is 2.27. The molecule has 2 amide bonds. The number of ether oxygens (including phenoxy) is 1. The van der Waals surface area contributed by atoms with Crippen molar-refractivity contribution >= 4 is 17.5 Å². The van der Waals surface area contributed by atoms with Gasteiger partial charge in [0, 0.05) is 32.2 Å².